The minimum atomic E-state index is -4.78. The monoisotopic (exact) mass is 724 g/mol. The molecule has 18 heteroatoms. The number of nitrogens with zero attached hydrogens (tertiary/aromatic N) is 3. The molecule has 7 nitrogen and oxygen atoms in total. The van der Waals surface area contributed by atoms with Crippen LogP contribution in [0.1, 0.15) is 27.9 Å². The molecule has 1 fully saturated rings. The summed E-state index contributed by atoms with van der Waals surface area (Å²) in [7, 11) is 2.94. The van der Waals surface area contributed by atoms with Crippen LogP contribution < -0.4 is 14.8 Å². The molecule has 250 valence electrons. The summed E-state index contributed by atoms with van der Waals surface area (Å²) >= 11 is 7.39. The highest BCUT2D eigenvalue weighted by Crippen LogP contribution is 2.38. The van der Waals surface area contributed by atoms with Crippen molar-refractivity contribution in [2.45, 2.75) is 24.8 Å². The molecule has 3 heterocycles. The van der Waals surface area contributed by atoms with Crippen LogP contribution in [0.5, 0.6) is 11.5 Å². The van der Waals surface area contributed by atoms with Crippen molar-refractivity contribution in [2.75, 3.05) is 32.6 Å². The highest BCUT2D eigenvalue weighted by molar-refractivity contribution is 7.22. The number of carbonyl (C=O) groups excluding carboxylic acids is 1. The first kappa shape index (κ1) is 34.4. The Hall–Kier alpha value is -3.96. The number of aromatic nitrogens is 2. The Labute approximate surface area is 273 Å². The molecule has 1 atom stereocenters. The molecule has 6 rings (SSSR count). The van der Waals surface area contributed by atoms with Gasteiger partial charge in [0.05, 0.1) is 45.8 Å². The lowest BCUT2D eigenvalue weighted by molar-refractivity contribution is -0.140. The molecule has 47 heavy (non-hydrogen) atoms. The summed E-state index contributed by atoms with van der Waals surface area (Å²) in [5, 5.41) is 3.52. The molecular weight excluding hydrogens is 704 g/mol. The topological polar surface area (TPSA) is 76.6 Å². The fourth-order valence-corrected chi connectivity index (χ4v) is 6.84. The Kier molecular flexibility index (Phi) is 9.71. The van der Waals surface area contributed by atoms with E-state index in [4.69, 9.17) is 21.1 Å². The predicted octanol–water partition coefficient (Wildman–Crippen LogP) is 8.91. The van der Waals surface area contributed by atoms with Gasteiger partial charge < -0.3 is 19.7 Å². The number of benzene rings is 3. The Balaban J connectivity index is 0.000000241. The van der Waals surface area contributed by atoms with Gasteiger partial charge >= 0.3 is 12.4 Å². The van der Waals surface area contributed by atoms with Gasteiger partial charge in [0.25, 0.3) is 5.91 Å². The number of nitrogens with one attached hydrogen (secondary N) is 1. The van der Waals surface area contributed by atoms with Gasteiger partial charge in [-0.2, -0.15) is 26.3 Å². The summed E-state index contributed by atoms with van der Waals surface area (Å²) in [4.78, 5) is 22.6. The van der Waals surface area contributed by atoms with Gasteiger partial charge in [-0.05, 0) is 30.7 Å². The van der Waals surface area contributed by atoms with Crippen molar-refractivity contribution in [3.63, 3.8) is 0 Å². The second-order valence-electron chi connectivity index (χ2n) is 10.00. The van der Waals surface area contributed by atoms with Crippen LogP contribution in [0.2, 0.25) is 4.47 Å². The minimum absolute atomic E-state index is 0.0868. The average Bonchev–Trinajstić information content (AvgIpc) is 3.72. The number of fused-ring (bicyclic) bond motifs is 2. The van der Waals surface area contributed by atoms with E-state index in [0.717, 1.165) is 40.9 Å². The number of rotatable bonds is 5. The van der Waals surface area contributed by atoms with Crippen LogP contribution in [0.3, 0.4) is 0 Å². The predicted molar refractivity (Wildman–Crippen MR) is 162 cm³/mol. The van der Waals surface area contributed by atoms with Crippen molar-refractivity contribution in [3.8, 4) is 11.5 Å². The van der Waals surface area contributed by atoms with Crippen LogP contribution >= 0.6 is 34.3 Å². The third-order valence-corrected chi connectivity index (χ3v) is 9.06. The quantitative estimate of drug-likeness (QED) is 0.183. The summed E-state index contributed by atoms with van der Waals surface area (Å²) in [5.74, 6) is -2.13. The highest BCUT2D eigenvalue weighted by atomic mass is 35.5. The van der Waals surface area contributed by atoms with E-state index in [1.54, 1.807) is 23.1 Å². The average molecular weight is 725 g/mol. The number of hydrogen-bond donors (Lipinski definition) is 1. The number of likely N-dealkylation sites (tertiary alicyclic amines) is 1. The van der Waals surface area contributed by atoms with Crippen LogP contribution in [0.4, 0.5) is 40.3 Å². The molecule has 5 aromatic rings. The summed E-state index contributed by atoms with van der Waals surface area (Å²) < 4.78 is 114. The smallest absolute Gasteiger partial charge is 0.419 e. The maximum Gasteiger partial charge on any atom is 0.419 e. The van der Waals surface area contributed by atoms with Crippen LogP contribution in [0.15, 0.2) is 42.5 Å². The summed E-state index contributed by atoms with van der Waals surface area (Å²) in [5.41, 5.74) is -2.00. The molecule has 0 spiro atoms. The second-order valence-corrected chi connectivity index (χ2v) is 12.6. The standard InChI is InChI=1S/C21H19F4N3O3S.C8H2ClF4NS/c1-30-15-4-3-5-16(31-2)18(15)19(29)28-7-6-11(10-28)26-20-27-14-9-13(22)12(21(23,24)25)8-17(14)32-20;9-7-14-5-2-4(10)3(8(11,12)13)1-6(5)15-7/h3-5,8-9,11H,6-7,10H2,1-2H3,(H,26,27);1-2H/t11-;/m1./s1. The fraction of sp³-hybridized carbons (Fsp3) is 0.276. The van der Waals surface area contributed by atoms with Crippen molar-refractivity contribution < 1.29 is 49.4 Å². The second kappa shape index (κ2) is 13.3. The molecule has 3 aromatic carbocycles. The van der Waals surface area contributed by atoms with E-state index in [1.165, 1.54) is 14.2 Å². The zero-order valence-corrected chi connectivity index (χ0v) is 26.4. The lowest BCUT2D eigenvalue weighted by Crippen LogP contribution is -2.32. The number of anilines is 1. The molecule has 1 aliphatic rings. The molecule has 0 bridgehead atoms. The van der Waals surface area contributed by atoms with E-state index in [1.807, 2.05) is 0 Å². The van der Waals surface area contributed by atoms with Crippen LogP contribution in [0.25, 0.3) is 20.4 Å². The third kappa shape index (κ3) is 7.46. The van der Waals surface area contributed by atoms with Crippen LogP contribution in [0, 0.1) is 11.6 Å². The molecular formula is C29H21ClF8N4O3S2. The molecule has 0 radical (unpaired) electrons. The summed E-state index contributed by atoms with van der Waals surface area (Å²) in [6, 6.07) is 7.93. The van der Waals surface area contributed by atoms with Gasteiger partial charge in [0.2, 0.25) is 0 Å². The van der Waals surface area contributed by atoms with Gasteiger partial charge in [-0.15, -0.1) is 11.3 Å². The largest absolute Gasteiger partial charge is 0.496 e. The van der Waals surface area contributed by atoms with Crippen molar-refractivity contribution in [3.05, 3.63) is 75.3 Å². The van der Waals surface area contributed by atoms with E-state index in [0.29, 0.717) is 47.8 Å². The van der Waals surface area contributed by atoms with Crippen molar-refractivity contribution in [2.24, 2.45) is 0 Å². The Bertz CT molecular complexity index is 1920. The van der Waals surface area contributed by atoms with Gasteiger partial charge in [-0.1, -0.05) is 29.0 Å². The maximum atomic E-state index is 13.8. The molecule has 0 saturated carbocycles. The van der Waals surface area contributed by atoms with Crippen molar-refractivity contribution in [1.82, 2.24) is 14.9 Å². The highest BCUT2D eigenvalue weighted by Gasteiger charge is 2.36. The normalized spacial score (nSPS) is 15.1. The first-order chi connectivity index (χ1) is 22.1. The van der Waals surface area contributed by atoms with Gasteiger partial charge in [0.15, 0.2) is 9.60 Å². The Morgan fingerprint density at radius 3 is 1.96 bits per heavy atom. The molecule has 1 amide bonds. The molecule has 2 aromatic heterocycles. The van der Waals surface area contributed by atoms with E-state index < -0.39 is 35.1 Å². The molecule has 1 aliphatic heterocycles. The lowest BCUT2D eigenvalue weighted by atomic mass is 10.1. The van der Waals surface area contributed by atoms with E-state index in [9.17, 15) is 39.9 Å². The van der Waals surface area contributed by atoms with Crippen molar-refractivity contribution in [1.29, 1.82) is 0 Å². The zero-order chi connectivity index (χ0) is 34.3. The number of carbonyl (C=O) groups is 1. The van der Waals surface area contributed by atoms with Gasteiger partial charge in [-0.3, -0.25) is 4.79 Å². The fourth-order valence-electron chi connectivity index (χ4n) is 4.82. The maximum absolute atomic E-state index is 13.8. The van der Waals surface area contributed by atoms with E-state index >= 15 is 0 Å². The number of methoxy groups -OCH3 is 2. The number of alkyl halides is 6. The number of ether oxygens (including phenoxy) is 2. The number of halogens is 9. The van der Waals surface area contributed by atoms with Crippen LogP contribution in [-0.4, -0.2) is 54.1 Å². The number of amides is 1. The molecule has 0 aliphatic carbocycles. The molecule has 0 unspecified atom stereocenters. The zero-order valence-electron chi connectivity index (χ0n) is 24.0. The first-order valence-corrected chi connectivity index (χ1v) is 15.4. The molecule has 1 N–H and O–H groups in total. The Morgan fingerprint density at radius 2 is 1.43 bits per heavy atom. The number of hydrogen-bond acceptors (Lipinski definition) is 8. The number of thiazole rings is 2. The lowest BCUT2D eigenvalue weighted by Gasteiger charge is -2.20. The van der Waals surface area contributed by atoms with Gasteiger partial charge in [0, 0.05) is 31.3 Å². The van der Waals surface area contributed by atoms with E-state index in [2.05, 4.69) is 15.3 Å². The van der Waals surface area contributed by atoms with Crippen molar-refractivity contribution >= 4 is 65.7 Å². The van der Waals surface area contributed by atoms with Crippen LogP contribution in [-0.2, 0) is 12.4 Å². The van der Waals surface area contributed by atoms with E-state index in [-0.39, 0.29) is 36.8 Å². The SMILES string of the molecule is COc1cccc(OC)c1C(=O)N1CC[C@@H](Nc2nc3cc(F)c(C(F)(F)F)cc3s2)C1.Fc1cc2nc(Cl)sc2cc1C(F)(F)F. The van der Waals surface area contributed by atoms with Gasteiger partial charge in [-0.25, -0.2) is 18.7 Å². The first-order valence-electron chi connectivity index (χ1n) is 13.4. The summed E-state index contributed by atoms with van der Waals surface area (Å²) in [6.45, 7) is 0.827. The summed E-state index contributed by atoms with van der Waals surface area (Å²) in [6.07, 6.45) is -8.86. The minimum Gasteiger partial charge on any atom is -0.496 e. The molecule has 1 saturated heterocycles. The third-order valence-electron chi connectivity index (χ3n) is 6.98. The Morgan fingerprint density at radius 1 is 0.894 bits per heavy atom. The van der Waals surface area contributed by atoms with Gasteiger partial charge in [0.1, 0.15) is 28.7 Å².